The van der Waals surface area contributed by atoms with Crippen LogP contribution in [0.15, 0.2) is 42.6 Å². The summed E-state index contributed by atoms with van der Waals surface area (Å²) in [6, 6.07) is 12.0. The SMILES string of the molecule is Cc1nccc(-c2ccccc2)c1CO. The first-order chi connectivity index (χ1) is 7.33. The van der Waals surface area contributed by atoms with E-state index in [0.29, 0.717) is 0 Å². The second-order valence-electron chi connectivity index (χ2n) is 3.45. The number of benzene rings is 1. The van der Waals surface area contributed by atoms with Gasteiger partial charge in [0.2, 0.25) is 0 Å². The fourth-order valence-corrected chi connectivity index (χ4v) is 1.68. The zero-order valence-corrected chi connectivity index (χ0v) is 8.64. The predicted octanol–water partition coefficient (Wildman–Crippen LogP) is 2.55. The fourth-order valence-electron chi connectivity index (χ4n) is 1.68. The van der Waals surface area contributed by atoms with E-state index >= 15 is 0 Å². The quantitative estimate of drug-likeness (QED) is 0.806. The predicted molar refractivity (Wildman–Crippen MR) is 60.3 cm³/mol. The van der Waals surface area contributed by atoms with Crippen LogP contribution in [0, 0.1) is 6.92 Å². The van der Waals surface area contributed by atoms with Crippen LogP contribution in [0.5, 0.6) is 0 Å². The van der Waals surface area contributed by atoms with Crippen LogP contribution in [0.1, 0.15) is 11.3 Å². The molecule has 0 unspecified atom stereocenters. The number of pyridine rings is 1. The lowest BCUT2D eigenvalue weighted by Gasteiger charge is -2.09. The van der Waals surface area contributed by atoms with Gasteiger partial charge in [0.1, 0.15) is 0 Å². The van der Waals surface area contributed by atoms with E-state index in [1.165, 1.54) is 0 Å². The Hall–Kier alpha value is -1.67. The van der Waals surface area contributed by atoms with Gasteiger partial charge in [-0.25, -0.2) is 0 Å². The van der Waals surface area contributed by atoms with Crippen LogP contribution < -0.4 is 0 Å². The summed E-state index contributed by atoms with van der Waals surface area (Å²) >= 11 is 0. The van der Waals surface area contributed by atoms with Crippen LogP contribution in [0.4, 0.5) is 0 Å². The lowest BCUT2D eigenvalue weighted by molar-refractivity contribution is 0.281. The van der Waals surface area contributed by atoms with Crippen LogP contribution in [0.3, 0.4) is 0 Å². The Labute approximate surface area is 89.2 Å². The van der Waals surface area contributed by atoms with Gasteiger partial charge in [-0.3, -0.25) is 4.98 Å². The Morgan fingerprint density at radius 1 is 1.13 bits per heavy atom. The van der Waals surface area contributed by atoms with E-state index < -0.39 is 0 Å². The number of aromatic nitrogens is 1. The maximum absolute atomic E-state index is 9.32. The molecule has 0 aliphatic heterocycles. The van der Waals surface area contributed by atoms with Crippen molar-refractivity contribution in [3.8, 4) is 11.1 Å². The summed E-state index contributed by atoms with van der Waals surface area (Å²) in [4.78, 5) is 4.18. The highest BCUT2D eigenvalue weighted by Gasteiger charge is 2.06. The molecule has 15 heavy (non-hydrogen) atoms. The number of aryl methyl sites for hydroxylation is 1. The minimum atomic E-state index is 0.0316. The second-order valence-corrected chi connectivity index (χ2v) is 3.45. The van der Waals surface area contributed by atoms with E-state index in [2.05, 4.69) is 4.98 Å². The number of aliphatic hydroxyl groups is 1. The standard InChI is InChI=1S/C13H13NO/c1-10-13(9-15)12(7-8-14-10)11-5-3-2-4-6-11/h2-8,15H,9H2,1H3. The third-order valence-electron chi connectivity index (χ3n) is 2.51. The van der Waals surface area contributed by atoms with Crippen LogP contribution in [-0.4, -0.2) is 10.1 Å². The van der Waals surface area contributed by atoms with Crippen LogP contribution in [-0.2, 0) is 6.61 Å². The van der Waals surface area contributed by atoms with Crippen molar-refractivity contribution in [1.82, 2.24) is 4.98 Å². The zero-order valence-electron chi connectivity index (χ0n) is 8.64. The van der Waals surface area contributed by atoms with Crippen molar-refractivity contribution in [1.29, 1.82) is 0 Å². The Morgan fingerprint density at radius 3 is 2.53 bits per heavy atom. The number of aliphatic hydroxyl groups excluding tert-OH is 1. The first kappa shape index (κ1) is 9.87. The van der Waals surface area contributed by atoms with Gasteiger partial charge in [-0.1, -0.05) is 30.3 Å². The number of rotatable bonds is 2. The maximum Gasteiger partial charge on any atom is 0.0705 e. The summed E-state index contributed by atoms with van der Waals surface area (Å²) < 4.78 is 0. The minimum absolute atomic E-state index is 0.0316. The third kappa shape index (κ3) is 1.90. The van der Waals surface area contributed by atoms with Gasteiger partial charge in [0.25, 0.3) is 0 Å². The van der Waals surface area contributed by atoms with E-state index in [1.807, 2.05) is 43.3 Å². The van der Waals surface area contributed by atoms with Crippen molar-refractivity contribution in [2.75, 3.05) is 0 Å². The molecule has 0 radical (unpaired) electrons. The molecule has 2 rings (SSSR count). The molecule has 1 heterocycles. The minimum Gasteiger partial charge on any atom is -0.392 e. The average Bonchev–Trinajstić information content (AvgIpc) is 2.30. The smallest absolute Gasteiger partial charge is 0.0705 e. The Morgan fingerprint density at radius 2 is 1.87 bits per heavy atom. The van der Waals surface area contributed by atoms with Crippen molar-refractivity contribution >= 4 is 0 Å². The lowest BCUT2D eigenvalue weighted by Crippen LogP contribution is -1.95. The highest BCUT2D eigenvalue weighted by Crippen LogP contribution is 2.24. The van der Waals surface area contributed by atoms with Gasteiger partial charge < -0.3 is 5.11 Å². The third-order valence-corrected chi connectivity index (χ3v) is 2.51. The molecule has 0 aliphatic rings. The molecule has 0 aliphatic carbocycles. The molecular formula is C13H13NO. The Kier molecular flexibility index (Phi) is 2.79. The lowest BCUT2D eigenvalue weighted by atomic mass is 10.0. The summed E-state index contributed by atoms with van der Waals surface area (Å²) in [7, 11) is 0. The molecule has 1 N–H and O–H groups in total. The molecule has 0 amide bonds. The van der Waals surface area contributed by atoms with Gasteiger partial charge in [0.05, 0.1) is 6.61 Å². The molecule has 0 spiro atoms. The van der Waals surface area contributed by atoms with Gasteiger partial charge >= 0.3 is 0 Å². The first-order valence-electron chi connectivity index (χ1n) is 4.93. The van der Waals surface area contributed by atoms with Gasteiger partial charge in [-0.05, 0) is 24.1 Å². The summed E-state index contributed by atoms with van der Waals surface area (Å²) in [6.07, 6.45) is 1.77. The molecule has 1 aromatic heterocycles. The molecule has 76 valence electrons. The topological polar surface area (TPSA) is 33.1 Å². The van der Waals surface area contributed by atoms with Gasteiger partial charge in [-0.15, -0.1) is 0 Å². The molecule has 0 bridgehead atoms. The highest BCUT2D eigenvalue weighted by atomic mass is 16.3. The molecule has 0 saturated heterocycles. The summed E-state index contributed by atoms with van der Waals surface area (Å²) in [5, 5.41) is 9.32. The van der Waals surface area contributed by atoms with Crippen LogP contribution >= 0.6 is 0 Å². The summed E-state index contributed by atoms with van der Waals surface area (Å²) in [5.74, 6) is 0. The van der Waals surface area contributed by atoms with E-state index in [-0.39, 0.29) is 6.61 Å². The molecule has 1 aromatic carbocycles. The van der Waals surface area contributed by atoms with Crippen LogP contribution in [0.25, 0.3) is 11.1 Å². The summed E-state index contributed by atoms with van der Waals surface area (Å²) in [6.45, 7) is 1.95. The number of nitrogens with zero attached hydrogens (tertiary/aromatic N) is 1. The molecule has 2 aromatic rings. The molecule has 2 nitrogen and oxygen atoms in total. The van der Waals surface area contributed by atoms with Gasteiger partial charge in [0.15, 0.2) is 0 Å². The second kappa shape index (κ2) is 4.24. The maximum atomic E-state index is 9.32. The normalized spacial score (nSPS) is 10.3. The van der Waals surface area contributed by atoms with E-state index in [1.54, 1.807) is 6.20 Å². The summed E-state index contributed by atoms with van der Waals surface area (Å²) in [5.41, 5.74) is 3.97. The van der Waals surface area contributed by atoms with E-state index in [0.717, 1.165) is 22.4 Å². The largest absolute Gasteiger partial charge is 0.392 e. The van der Waals surface area contributed by atoms with Gasteiger partial charge in [-0.2, -0.15) is 0 Å². The van der Waals surface area contributed by atoms with Crippen molar-refractivity contribution in [3.63, 3.8) is 0 Å². The average molecular weight is 199 g/mol. The fraction of sp³-hybridized carbons (Fsp3) is 0.154. The van der Waals surface area contributed by atoms with E-state index in [9.17, 15) is 5.11 Å². The molecule has 2 heteroatoms. The molecule has 0 saturated carbocycles. The number of hydrogen-bond donors (Lipinski definition) is 1. The molecular weight excluding hydrogens is 186 g/mol. The Balaban J connectivity index is 2.58. The highest BCUT2D eigenvalue weighted by molar-refractivity contribution is 5.67. The van der Waals surface area contributed by atoms with Crippen LogP contribution in [0.2, 0.25) is 0 Å². The zero-order chi connectivity index (χ0) is 10.7. The molecule has 0 atom stereocenters. The Bertz CT molecular complexity index is 451. The number of hydrogen-bond acceptors (Lipinski definition) is 2. The van der Waals surface area contributed by atoms with Crippen molar-refractivity contribution < 1.29 is 5.11 Å². The van der Waals surface area contributed by atoms with Gasteiger partial charge in [0, 0.05) is 17.5 Å². The first-order valence-corrected chi connectivity index (χ1v) is 4.93. The monoisotopic (exact) mass is 199 g/mol. The van der Waals surface area contributed by atoms with Crippen molar-refractivity contribution in [2.45, 2.75) is 13.5 Å². The molecule has 0 fully saturated rings. The van der Waals surface area contributed by atoms with E-state index in [4.69, 9.17) is 0 Å². The van der Waals surface area contributed by atoms with Crippen molar-refractivity contribution in [3.05, 3.63) is 53.9 Å². The van der Waals surface area contributed by atoms with Crippen molar-refractivity contribution in [2.24, 2.45) is 0 Å².